The van der Waals surface area contributed by atoms with Crippen molar-refractivity contribution in [3.8, 4) is 5.75 Å². The average Bonchev–Trinajstić information content (AvgIpc) is 2.74. The molecule has 0 bridgehead atoms. The SMILES string of the molecule is O=C1CCC(N2CCOc3c(C4CCC5(CCNCC5)CC4)cccc32)C(O)N1. The molecule has 1 aromatic rings. The highest BCUT2D eigenvalue weighted by Crippen LogP contribution is 2.51. The van der Waals surface area contributed by atoms with Crippen molar-refractivity contribution in [1.29, 1.82) is 0 Å². The average molecular weight is 400 g/mol. The molecule has 0 radical (unpaired) electrons. The number of hydrogen-bond acceptors (Lipinski definition) is 5. The summed E-state index contributed by atoms with van der Waals surface area (Å²) in [6, 6.07) is 6.40. The van der Waals surface area contributed by atoms with Crippen LogP contribution in [0.25, 0.3) is 0 Å². The number of aliphatic hydroxyl groups excluding tert-OH is 1. The zero-order valence-electron chi connectivity index (χ0n) is 17.2. The Kier molecular flexibility index (Phi) is 5.16. The molecule has 0 aromatic heterocycles. The molecular weight excluding hydrogens is 366 g/mol. The quantitative estimate of drug-likeness (QED) is 0.713. The van der Waals surface area contributed by atoms with Crippen molar-refractivity contribution in [2.75, 3.05) is 31.1 Å². The number of nitrogens with one attached hydrogen (secondary N) is 2. The first-order valence-electron chi connectivity index (χ1n) is 11.4. The van der Waals surface area contributed by atoms with E-state index < -0.39 is 6.23 Å². The number of rotatable bonds is 2. The first kappa shape index (κ1) is 19.2. The van der Waals surface area contributed by atoms with E-state index in [1.165, 1.54) is 57.2 Å². The van der Waals surface area contributed by atoms with Crippen LogP contribution in [-0.4, -0.2) is 49.5 Å². The summed E-state index contributed by atoms with van der Waals surface area (Å²) in [4.78, 5) is 13.9. The summed E-state index contributed by atoms with van der Waals surface area (Å²) >= 11 is 0. The summed E-state index contributed by atoms with van der Waals surface area (Å²) in [5.74, 6) is 1.50. The summed E-state index contributed by atoms with van der Waals surface area (Å²) in [7, 11) is 0. The lowest BCUT2D eigenvalue weighted by Gasteiger charge is -2.45. The van der Waals surface area contributed by atoms with Crippen molar-refractivity contribution in [2.24, 2.45) is 5.41 Å². The summed E-state index contributed by atoms with van der Waals surface area (Å²) in [6.45, 7) is 3.71. The lowest BCUT2D eigenvalue weighted by atomic mass is 9.64. The number of para-hydroxylation sites is 1. The molecule has 2 unspecified atom stereocenters. The highest BCUT2D eigenvalue weighted by atomic mass is 16.5. The number of benzene rings is 1. The maximum Gasteiger partial charge on any atom is 0.222 e. The molecule has 3 heterocycles. The molecule has 1 aliphatic carbocycles. The van der Waals surface area contributed by atoms with Crippen molar-refractivity contribution in [3.05, 3.63) is 23.8 Å². The first-order valence-corrected chi connectivity index (χ1v) is 11.4. The van der Waals surface area contributed by atoms with Gasteiger partial charge in [-0.05, 0) is 81.0 Å². The Balaban J connectivity index is 1.36. The number of fused-ring (bicyclic) bond motifs is 1. The standard InChI is InChI=1S/C23H33N3O3/c27-20-5-4-19(22(28)25-20)26-14-15-29-21-17(2-1-3-18(21)26)16-6-8-23(9-7-16)10-12-24-13-11-23/h1-3,16,19,22,24,28H,4-15H2,(H,25,27). The molecule has 1 aromatic carbocycles. The minimum Gasteiger partial charge on any atom is -0.489 e. The Bertz CT molecular complexity index is 752. The molecule has 6 heteroatoms. The van der Waals surface area contributed by atoms with Crippen LogP contribution in [0.2, 0.25) is 0 Å². The van der Waals surface area contributed by atoms with Crippen LogP contribution in [0.1, 0.15) is 62.8 Å². The van der Waals surface area contributed by atoms with Crippen molar-refractivity contribution in [1.82, 2.24) is 10.6 Å². The predicted octanol–water partition coefficient (Wildman–Crippen LogP) is 2.51. The number of aliphatic hydroxyl groups is 1. The van der Waals surface area contributed by atoms with E-state index >= 15 is 0 Å². The molecule has 1 amide bonds. The molecule has 2 saturated heterocycles. The minimum absolute atomic E-state index is 0.0648. The first-order chi connectivity index (χ1) is 14.2. The van der Waals surface area contributed by atoms with Crippen LogP contribution < -0.4 is 20.3 Å². The largest absolute Gasteiger partial charge is 0.489 e. The highest BCUT2D eigenvalue weighted by Gasteiger charge is 2.39. The molecular formula is C23H33N3O3. The summed E-state index contributed by atoms with van der Waals surface area (Å²) in [5.41, 5.74) is 2.98. The van der Waals surface area contributed by atoms with Crippen molar-refractivity contribution in [2.45, 2.75) is 69.6 Å². The second-order valence-electron chi connectivity index (χ2n) is 9.38. The Hall–Kier alpha value is -1.79. The fourth-order valence-electron chi connectivity index (χ4n) is 6.05. The van der Waals surface area contributed by atoms with Gasteiger partial charge in [-0.15, -0.1) is 0 Å². The summed E-state index contributed by atoms with van der Waals surface area (Å²) < 4.78 is 6.20. The van der Waals surface area contributed by atoms with E-state index in [9.17, 15) is 9.90 Å². The minimum atomic E-state index is -0.819. The third-order valence-corrected chi connectivity index (χ3v) is 7.80. The van der Waals surface area contributed by atoms with Gasteiger partial charge in [0.1, 0.15) is 18.6 Å². The van der Waals surface area contributed by atoms with Gasteiger partial charge in [0.25, 0.3) is 0 Å². The van der Waals surface area contributed by atoms with Crippen LogP contribution in [0.4, 0.5) is 5.69 Å². The third kappa shape index (κ3) is 3.61. The van der Waals surface area contributed by atoms with E-state index in [-0.39, 0.29) is 11.9 Å². The van der Waals surface area contributed by atoms with Gasteiger partial charge in [0.05, 0.1) is 18.3 Å². The number of amides is 1. The fourth-order valence-corrected chi connectivity index (χ4v) is 6.05. The number of piperidine rings is 2. The van der Waals surface area contributed by atoms with E-state index in [1.807, 2.05) is 0 Å². The second-order valence-corrected chi connectivity index (χ2v) is 9.38. The Labute approximate surface area is 173 Å². The zero-order chi connectivity index (χ0) is 19.8. The van der Waals surface area contributed by atoms with Crippen LogP contribution in [0.15, 0.2) is 18.2 Å². The van der Waals surface area contributed by atoms with E-state index in [1.54, 1.807) is 0 Å². The van der Waals surface area contributed by atoms with Crippen molar-refractivity contribution in [3.63, 3.8) is 0 Å². The topological polar surface area (TPSA) is 73.8 Å². The maximum atomic E-state index is 11.6. The van der Waals surface area contributed by atoms with Gasteiger partial charge in [0.15, 0.2) is 0 Å². The molecule has 3 N–H and O–H groups in total. The highest BCUT2D eigenvalue weighted by molar-refractivity contribution is 5.77. The normalized spacial score (nSPS) is 29.8. The summed E-state index contributed by atoms with van der Waals surface area (Å²) in [6.07, 6.45) is 8.08. The monoisotopic (exact) mass is 399 g/mol. The molecule has 29 heavy (non-hydrogen) atoms. The van der Waals surface area contributed by atoms with E-state index in [4.69, 9.17) is 4.74 Å². The molecule has 4 aliphatic rings. The molecule has 2 atom stereocenters. The van der Waals surface area contributed by atoms with Gasteiger partial charge in [-0.2, -0.15) is 0 Å². The van der Waals surface area contributed by atoms with Crippen LogP contribution in [0.5, 0.6) is 5.75 Å². The van der Waals surface area contributed by atoms with Gasteiger partial charge < -0.3 is 25.4 Å². The van der Waals surface area contributed by atoms with Gasteiger partial charge in [-0.1, -0.05) is 12.1 Å². The molecule has 1 saturated carbocycles. The van der Waals surface area contributed by atoms with E-state index in [0.29, 0.717) is 30.8 Å². The van der Waals surface area contributed by atoms with Gasteiger partial charge in [-0.3, -0.25) is 4.79 Å². The number of carbonyl (C=O) groups excluding carboxylic acids is 1. The molecule has 158 valence electrons. The maximum absolute atomic E-state index is 11.6. The van der Waals surface area contributed by atoms with Crippen LogP contribution in [0, 0.1) is 5.41 Å². The lowest BCUT2D eigenvalue weighted by Crippen LogP contribution is -2.57. The van der Waals surface area contributed by atoms with Crippen molar-refractivity contribution >= 4 is 11.6 Å². The number of anilines is 1. The Morgan fingerprint density at radius 3 is 2.66 bits per heavy atom. The van der Waals surface area contributed by atoms with Gasteiger partial charge in [0.2, 0.25) is 5.91 Å². The Morgan fingerprint density at radius 2 is 1.90 bits per heavy atom. The van der Waals surface area contributed by atoms with Crippen LogP contribution >= 0.6 is 0 Å². The fraction of sp³-hybridized carbons (Fsp3) is 0.696. The second kappa shape index (κ2) is 7.80. The van der Waals surface area contributed by atoms with Gasteiger partial charge in [-0.25, -0.2) is 0 Å². The van der Waals surface area contributed by atoms with E-state index in [0.717, 1.165) is 18.0 Å². The number of ether oxygens (including phenoxy) is 1. The number of nitrogens with zero attached hydrogens (tertiary/aromatic N) is 1. The Morgan fingerprint density at radius 1 is 1.10 bits per heavy atom. The molecule has 1 spiro atoms. The molecule has 3 fully saturated rings. The predicted molar refractivity (Wildman–Crippen MR) is 112 cm³/mol. The van der Waals surface area contributed by atoms with Gasteiger partial charge >= 0.3 is 0 Å². The lowest BCUT2D eigenvalue weighted by molar-refractivity contribution is -0.127. The smallest absolute Gasteiger partial charge is 0.222 e. The molecule has 6 nitrogen and oxygen atoms in total. The van der Waals surface area contributed by atoms with Gasteiger partial charge in [0, 0.05) is 6.42 Å². The molecule has 5 rings (SSSR count). The third-order valence-electron chi connectivity index (χ3n) is 7.80. The van der Waals surface area contributed by atoms with E-state index in [2.05, 4.69) is 33.7 Å². The number of hydrogen-bond donors (Lipinski definition) is 3. The zero-order valence-corrected chi connectivity index (χ0v) is 17.2. The number of carbonyl (C=O) groups is 1. The summed E-state index contributed by atoms with van der Waals surface area (Å²) in [5, 5.41) is 16.7. The molecule has 3 aliphatic heterocycles. The van der Waals surface area contributed by atoms with Crippen LogP contribution in [0.3, 0.4) is 0 Å². The van der Waals surface area contributed by atoms with Crippen molar-refractivity contribution < 1.29 is 14.6 Å². The van der Waals surface area contributed by atoms with Crippen LogP contribution in [-0.2, 0) is 4.79 Å².